The van der Waals surface area contributed by atoms with E-state index in [2.05, 4.69) is 20.9 Å². The molecule has 1 aliphatic heterocycles. The van der Waals surface area contributed by atoms with Crippen LogP contribution in [0.2, 0.25) is 0 Å². The third-order valence-corrected chi connectivity index (χ3v) is 4.47. The first kappa shape index (κ1) is 17.2. The van der Waals surface area contributed by atoms with Crippen LogP contribution in [0.3, 0.4) is 0 Å². The van der Waals surface area contributed by atoms with Crippen LogP contribution in [0.15, 0.2) is 29.0 Å². The second-order valence-electron chi connectivity index (χ2n) is 7.21. The van der Waals surface area contributed by atoms with Crippen LogP contribution in [0.1, 0.15) is 39.3 Å². The summed E-state index contributed by atoms with van der Waals surface area (Å²) in [6.07, 6.45) is 3.97. The fourth-order valence-electron chi connectivity index (χ4n) is 2.88. The highest BCUT2D eigenvalue weighted by molar-refractivity contribution is 9.10. The van der Waals surface area contributed by atoms with Crippen molar-refractivity contribution in [2.75, 3.05) is 13.1 Å². The number of pyridine rings is 1. The summed E-state index contributed by atoms with van der Waals surface area (Å²) in [5.74, 6) is 0. The Bertz CT molecular complexity index is 771. The molecule has 24 heavy (non-hydrogen) atoms. The quantitative estimate of drug-likeness (QED) is 0.720. The number of fused-ring (bicyclic) bond motifs is 1. The number of rotatable bonds is 1. The first-order chi connectivity index (χ1) is 11.2. The molecule has 0 unspecified atom stereocenters. The third-order valence-electron chi connectivity index (χ3n) is 3.98. The zero-order valence-corrected chi connectivity index (χ0v) is 15.6. The summed E-state index contributed by atoms with van der Waals surface area (Å²) in [5.41, 5.74) is -1.23. The molecular formula is C17H21BrFN3O2. The van der Waals surface area contributed by atoms with Gasteiger partial charge < -0.3 is 14.0 Å². The summed E-state index contributed by atoms with van der Waals surface area (Å²) in [5, 5.41) is 0. The van der Waals surface area contributed by atoms with E-state index in [0.29, 0.717) is 30.7 Å². The largest absolute Gasteiger partial charge is 0.444 e. The number of hydrogen-bond acceptors (Lipinski definition) is 3. The van der Waals surface area contributed by atoms with Crippen molar-refractivity contribution in [3.8, 4) is 0 Å². The van der Waals surface area contributed by atoms with Gasteiger partial charge in [0, 0.05) is 23.4 Å². The maximum Gasteiger partial charge on any atom is 0.410 e. The average Bonchev–Trinajstić information content (AvgIpc) is 2.89. The Morgan fingerprint density at radius 1 is 1.46 bits per heavy atom. The van der Waals surface area contributed by atoms with E-state index in [0.717, 1.165) is 4.47 Å². The van der Waals surface area contributed by atoms with Gasteiger partial charge in [-0.25, -0.2) is 14.2 Å². The minimum atomic E-state index is -1.66. The predicted octanol–water partition coefficient (Wildman–Crippen LogP) is 4.29. The molecule has 2 aromatic heterocycles. The molecule has 0 N–H and O–H groups in total. The van der Waals surface area contributed by atoms with Gasteiger partial charge in [-0.2, -0.15) is 0 Å². The number of halogens is 2. The lowest BCUT2D eigenvalue weighted by molar-refractivity contribution is -0.00765. The van der Waals surface area contributed by atoms with Crippen LogP contribution in [0, 0.1) is 0 Å². The van der Waals surface area contributed by atoms with Crippen LogP contribution in [-0.4, -0.2) is 39.1 Å². The van der Waals surface area contributed by atoms with Gasteiger partial charge in [-0.05, 0) is 45.7 Å². The van der Waals surface area contributed by atoms with Crippen LogP contribution in [0.25, 0.3) is 5.65 Å². The zero-order chi connectivity index (χ0) is 17.5. The van der Waals surface area contributed by atoms with E-state index in [-0.39, 0.29) is 6.54 Å². The van der Waals surface area contributed by atoms with Crippen molar-refractivity contribution in [2.24, 2.45) is 0 Å². The average molecular weight is 398 g/mol. The van der Waals surface area contributed by atoms with Gasteiger partial charge in [-0.3, -0.25) is 0 Å². The first-order valence-electron chi connectivity index (χ1n) is 7.98. The van der Waals surface area contributed by atoms with Gasteiger partial charge in [0.05, 0.1) is 12.2 Å². The van der Waals surface area contributed by atoms with Gasteiger partial charge in [0.25, 0.3) is 0 Å². The molecule has 2 aromatic rings. The SMILES string of the molecule is CC(C)(C)OC(=O)N1CCC[C@](F)(c2cn3ccc(Br)cc3n2)C1. The monoisotopic (exact) mass is 397 g/mol. The fourth-order valence-corrected chi connectivity index (χ4v) is 3.20. The summed E-state index contributed by atoms with van der Waals surface area (Å²) in [4.78, 5) is 18.1. The standard InChI is InChI=1S/C17H21BrFN3O2/c1-16(2,3)24-15(23)22-7-4-6-17(19,11-22)13-10-21-8-5-12(18)9-14(21)20-13/h5,8-10H,4,6-7,11H2,1-3H3/t17-/m1/s1. The molecule has 0 aromatic carbocycles. The maximum absolute atomic E-state index is 15.5. The summed E-state index contributed by atoms with van der Waals surface area (Å²) < 4.78 is 23.6. The molecule has 1 fully saturated rings. The number of alkyl halides is 1. The number of ether oxygens (including phenoxy) is 1. The highest BCUT2D eigenvalue weighted by atomic mass is 79.9. The van der Waals surface area contributed by atoms with Gasteiger partial charge in [0.15, 0.2) is 5.67 Å². The number of aromatic nitrogens is 2. The number of amides is 1. The molecule has 3 rings (SSSR count). The summed E-state index contributed by atoms with van der Waals surface area (Å²) in [6, 6.07) is 3.71. The molecule has 130 valence electrons. The Labute approximate surface area is 148 Å². The van der Waals surface area contributed by atoms with Crippen molar-refractivity contribution in [3.05, 3.63) is 34.7 Å². The van der Waals surface area contributed by atoms with E-state index in [1.54, 1.807) is 31.4 Å². The molecule has 5 nitrogen and oxygen atoms in total. The van der Waals surface area contributed by atoms with Crippen molar-refractivity contribution in [1.29, 1.82) is 0 Å². The molecule has 0 aliphatic carbocycles. The van der Waals surface area contributed by atoms with E-state index in [4.69, 9.17) is 4.74 Å². The lowest BCUT2D eigenvalue weighted by atomic mass is 9.92. The van der Waals surface area contributed by atoms with E-state index in [9.17, 15) is 4.79 Å². The molecule has 0 spiro atoms. The molecule has 1 aliphatic rings. The van der Waals surface area contributed by atoms with Crippen molar-refractivity contribution in [2.45, 2.75) is 44.9 Å². The Balaban J connectivity index is 1.84. The Morgan fingerprint density at radius 3 is 2.92 bits per heavy atom. The fraction of sp³-hybridized carbons (Fsp3) is 0.529. The third kappa shape index (κ3) is 3.55. The molecule has 7 heteroatoms. The molecule has 0 saturated carbocycles. The van der Waals surface area contributed by atoms with Crippen LogP contribution < -0.4 is 0 Å². The van der Waals surface area contributed by atoms with E-state index < -0.39 is 17.4 Å². The number of nitrogens with zero attached hydrogens (tertiary/aromatic N) is 3. The zero-order valence-electron chi connectivity index (χ0n) is 14.1. The molecular weight excluding hydrogens is 377 g/mol. The van der Waals surface area contributed by atoms with Crippen LogP contribution >= 0.6 is 15.9 Å². The van der Waals surface area contributed by atoms with Crippen LogP contribution in [-0.2, 0) is 10.4 Å². The molecule has 1 amide bonds. The Morgan fingerprint density at radius 2 is 2.21 bits per heavy atom. The summed E-state index contributed by atoms with van der Waals surface area (Å²) >= 11 is 3.39. The summed E-state index contributed by atoms with van der Waals surface area (Å²) in [6.45, 7) is 5.87. The predicted molar refractivity (Wildman–Crippen MR) is 92.7 cm³/mol. The van der Waals surface area contributed by atoms with Gasteiger partial charge in [-0.1, -0.05) is 15.9 Å². The van der Waals surface area contributed by atoms with Gasteiger partial charge in [0.2, 0.25) is 0 Å². The lowest BCUT2D eigenvalue weighted by Crippen LogP contribution is -2.48. The first-order valence-corrected chi connectivity index (χ1v) is 8.77. The second kappa shape index (κ2) is 6.02. The number of carbonyl (C=O) groups excluding carboxylic acids is 1. The topological polar surface area (TPSA) is 46.8 Å². The van der Waals surface area contributed by atoms with E-state index >= 15 is 4.39 Å². The number of piperidine rings is 1. The smallest absolute Gasteiger partial charge is 0.410 e. The Kier molecular flexibility index (Phi) is 4.32. The number of imidazole rings is 1. The minimum absolute atomic E-state index is 0.0348. The van der Waals surface area contributed by atoms with Gasteiger partial charge in [-0.15, -0.1) is 0 Å². The lowest BCUT2D eigenvalue weighted by Gasteiger charge is -2.37. The van der Waals surface area contributed by atoms with Gasteiger partial charge >= 0.3 is 6.09 Å². The number of carbonyl (C=O) groups is 1. The van der Waals surface area contributed by atoms with Crippen LogP contribution in [0.4, 0.5) is 9.18 Å². The second-order valence-corrected chi connectivity index (χ2v) is 8.12. The number of hydrogen-bond donors (Lipinski definition) is 0. The maximum atomic E-state index is 15.5. The minimum Gasteiger partial charge on any atom is -0.444 e. The molecule has 3 heterocycles. The van der Waals surface area contributed by atoms with Crippen LogP contribution in [0.5, 0.6) is 0 Å². The van der Waals surface area contributed by atoms with E-state index in [1.165, 1.54) is 4.90 Å². The van der Waals surface area contributed by atoms with E-state index in [1.807, 2.05) is 18.3 Å². The summed E-state index contributed by atoms with van der Waals surface area (Å²) in [7, 11) is 0. The highest BCUT2D eigenvalue weighted by Crippen LogP contribution is 2.35. The highest BCUT2D eigenvalue weighted by Gasteiger charge is 2.42. The van der Waals surface area contributed by atoms with Gasteiger partial charge in [0.1, 0.15) is 11.2 Å². The molecule has 1 atom stereocenters. The van der Waals surface area contributed by atoms with Crippen molar-refractivity contribution >= 4 is 27.7 Å². The molecule has 0 radical (unpaired) electrons. The van der Waals surface area contributed by atoms with Crippen molar-refractivity contribution < 1.29 is 13.9 Å². The van der Waals surface area contributed by atoms with Crippen molar-refractivity contribution in [1.82, 2.24) is 14.3 Å². The normalized spacial score (nSPS) is 22.0. The molecule has 1 saturated heterocycles. The van der Waals surface area contributed by atoms with Crippen molar-refractivity contribution in [3.63, 3.8) is 0 Å². The number of likely N-dealkylation sites (tertiary alicyclic amines) is 1. The molecule has 0 bridgehead atoms. The Hall–Kier alpha value is -1.63.